The number of hydrogen-bond acceptors (Lipinski definition) is 4. The van der Waals surface area contributed by atoms with Crippen molar-refractivity contribution in [2.24, 2.45) is 11.8 Å². The maximum Gasteiger partial charge on any atom is 0.269 e. The first-order chi connectivity index (χ1) is 11.9. The number of nitro benzene ring substituents is 1. The highest BCUT2D eigenvalue weighted by Gasteiger charge is 2.38. The van der Waals surface area contributed by atoms with Gasteiger partial charge in [0.05, 0.1) is 16.9 Å². The van der Waals surface area contributed by atoms with Crippen molar-refractivity contribution >= 4 is 17.5 Å². The number of non-ortho nitro benzene ring substituents is 1. The summed E-state index contributed by atoms with van der Waals surface area (Å²) < 4.78 is 0. The van der Waals surface area contributed by atoms with E-state index in [2.05, 4.69) is 0 Å². The van der Waals surface area contributed by atoms with Crippen molar-refractivity contribution in [2.45, 2.75) is 32.2 Å². The van der Waals surface area contributed by atoms with Gasteiger partial charge in [-0.1, -0.05) is 12.1 Å². The maximum atomic E-state index is 12.8. The van der Waals surface area contributed by atoms with Gasteiger partial charge in [0.2, 0.25) is 11.8 Å². The summed E-state index contributed by atoms with van der Waals surface area (Å²) in [6.45, 7) is 3.10. The van der Waals surface area contributed by atoms with Gasteiger partial charge in [0.25, 0.3) is 5.69 Å². The fourth-order valence-corrected chi connectivity index (χ4v) is 3.33. The predicted octanol–water partition coefficient (Wildman–Crippen LogP) is 2.37. The molecule has 2 aliphatic rings. The molecule has 7 nitrogen and oxygen atoms in total. The highest BCUT2D eigenvalue weighted by atomic mass is 16.6. The van der Waals surface area contributed by atoms with E-state index < -0.39 is 4.92 Å². The molecule has 25 heavy (non-hydrogen) atoms. The predicted molar refractivity (Wildman–Crippen MR) is 91.7 cm³/mol. The summed E-state index contributed by atoms with van der Waals surface area (Å²) in [5.74, 6) is 0.268. The van der Waals surface area contributed by atoms with E-state index in [0.29, 0.717) is 18.0 Å². The van der Waals surface area contributed by atoms with Crippen molar-refractivity contribution in [1.29, 1.82) is 0 Å². The van der Waals surface area contributed by atoms with E-state index in [1.54, 1.807) is 24.1 Å². The van der Waals surface area contributed by atoms with Crippen LogP contribution in [0.2, 0.25) is 0 Å². The van der Waals surface area contributed by atoms with E-state index in [9.17, 15) is 19.7 Å². The second kappa shape index (κ2) is 6.82. The number of carbonyl (C=O) groups is 2. The van der Waals surface area contributed by atoms with Crippen LogP contribution in [0, 0.1) is 22.0 Å². The number of nitro groups is 1. The Balaban J connectivity index is 1.66. The Kier molecular flexibility index (Phi) is 4.74. The van der Waals surface area contributed by atoms with Crippen molar-refractivity contribution < 1.29 is 14.5 Å². The summed E-state index contributed by atoms with van der Waals surface area (Å²) in [6, 6.07) is 6.04. The zero-order chi connectivity index (χ0) is 18.1. The number of hydrogen-bond donors (Lipinski definition) is 0. The van der Waals surface area contributed by atoms with Gasteiger partial charge in [0.1, 0.15) is 0 Å². The van der Waals surface area contributed by atoms with Crippen molar-refractivity contribution in [2.75, 3.05) is 20.1 Å². The molecule has 134 valence electrons. The van der Waals surface area contributed by atoms with Crippen LogP contribution in [0.15, 0.2) is 24.3 Å². The molecule has 1 aromatic rings. The van der Waals surface area contributed by atoms with Gasteiger partial charge in [-0.05, 0) is 31.2 Å². The van der Waals surface area contributed by atoms with Gasteiger partial charge >= 0.3 is 0 Å². The molecule has 1 saturated heterocycles. The number of benzene rings is 1. The molecule has 0 aromatic heterocycles. The van der Waals surface area contributed by atoms with E-state index in [-0.39, 0.29) is 35.9 Å². The topological polar surface area (TPSA) is 83.8 Å². The van der Waals surface area contributed by atoms with Crippen LogP contribution in [-0.2, 0) is 9.59 Å². The largest absolute Gasteiger partial charge is 0.342 e. The highest BCUT2D eigenvalue weighted by molar-refractivity contribution is 5.89. The van der Waals surface area contributed by atoms with Gasteiger partial charge in [-0.3, -0.25) is 19.7 Å². The smallest absolute Gasteiger partial charge is 0.269 e. The normalized spacial score (nSPS) is 21.3. The molecule has 0 radical (unpaired) electrons. The van der Waals surface area contributed by atoms with Gasteiger partial charge in [-0.25, -0.2) is 0 Å². The van der Waals surface area contributed by atoms with Gasteiger partial charge in [-0.15, -0.1) is 0 Å². The third-order valence-electron chi connectivity index (χ3n) is 5.23. The highest BCUT2D eigenvalue weighted by Crippen LogP contribution is 2.33. The molecule has 1 aliphatic heterocycles. The quantitative estimate of drug-likeness (QED) is 0.585. The van der Waals surface area contributed by atoms with Crippen molar-refractivity contribution in [3.05, 3.63) is 39.9 Å². The lowest BCUT2D eigenvalue weighted by Crippen LogP contribution is -2.36. The van der Waals surface area contributed by atoms with Crippen LogP contribution in [-0.4, -0.2) is 46.7 Å². The SMILES string of the molecule is C[C@@H](c1cccc([N+](=O)[O-])c1)N(C)C(=O)[C@@H]1CC(=O)N(CC2CC2)C1. The average Bonchev–Trinajstić information content (AvgIpc) is 3.35. The number of amides is 2. The molecule has 2 amide bonds. The molecular formula is C18H23N3O4. The Hall–Kier alpha value is -2.44. The van der Waals surface area contributed by atoms with Crippen LogP contribution in [0.3, 0.4) is 0 Å². The van der Waals surface area contributed by atoms with E-state index >= 15 is 0 Å². The molecule has 2 atom stereocenters. The monoisotopic (exact) mass is 345 g/mol. The molecule has 0 N–H and O–H groups in total. The minimum Gasteiger partial charge on any atom is -0.342 e. The van der Waals surface area contributed by atoms with Crippen molar-refractivity contribution in [3.8, 4) is 0 Å². The lowest BCUT2D eigenvalue weighted by Gasteiger charge is -2.27. The van der Waals surface area contributed by atoms with E-state index in [4.69, 9.17) is 0 Å². The molecule has 0 spiro atoms. The maximum absolute atomic E-state index is 12.8. The van der Waals surface area contributed by atoms with E-state index in [1.165, 1.54) is 25.0 Å². The molecular weight excluding hydrogens is 322 g/mol. The summed E-state index contributed by atoms with van der Waals surface area (Å²) in [5, 5.41) is 10.9. The third kappa shape index (κ3) is 3.81. The number of likely N-dealkylation sites (tertiary alicyclic amines) is 1. The molecule has 0 bridgehead atoms. The third-order valence-corrected chi connectivity index (χ3v) is 5.23. The lowest BCUT2D eigenvalue weighted by atomic mass is 10.0. The summed E-state index contributed by atoms with van der Waals surface area (Å²) >= 11 is 0. The Bertz CT molecular complexity index is 701. The Labute approximate surface area is 146 Å². The Morgan fingerprint density at radius 1 is 1.44 bits per heavy atom. The molecule has 1 saturated carbocycles. The number of rotatable bonds is 6. The fraction of sp³-hybridized carbons (Fsp3) is 0.556. The van der Waals surface area contributed by atoms with Crippen LogP contribution >= 0.6 is 0 Å². The molecule has 7 heteroatoms. The molecule has 2 fully saturated rings. The van der Waals surface area contributed by atoms with E-state index in [0.717, 1.165) is 6.54 Å². The average molecular weight is 345 g/mol. The molecule has 1 heterocycles. The summed E-state index contributed by atoms with van der Waals surface area (Å²) in [5.41, 5.74) is 0.723. The summed E-state index contributed by atoms with van der Waals surface area (Å²) in [4.78, 5) is 38.8. The molecule has 0 unspecified atom stereocenters. The minimum absolute atomic E-state index is 0.0110. The number of carbonyl (C=O) groups excluding carboxylic acids is 2. The molecule has 3 rings (SSSR count). The molecule has 1 aliphatic carbocycles. The fourth-order valence-electron chi connectivity index (χ4n) is 3.33. The Morgan fingerprint density at radius 2 is 2.16 bits per heavy atom. The van der Waals surface area contributed by atoms with Crippen LogP contribution in [0.25, 0.3) is 0 Å². The first-order valence-corrected chi connectivity index (χ1v) is 8.65. The number of nitrogens with zero attached hydrogens (tertiary/aromatic N) is 3. The zero-order valence-electron chi connectivity index (χ0n) is 14.6. The lowest BCUT2D eigenvalue weighted by molar-refractivity contribution is -0.384. The second-order valence-corrected chi connectivity index (χ2v) is 7.12. The van der Waals surface area contributed by atoms with Crippen LogP contribution in [0.5, 0.6) is 0 Å². The first-order valence-electron chi connectivity index (χ1n) is 8.65. The van der Waals surface area contributed by atoms with Crippen LogP contribution in [0.1, 0.15) is 37.8 Å². The van der Waals surface area contributed by atoms with E-state index in [1.807, 2.05) is 11.8 Å². The van der Waals surface area contributed by atoms with Crippen molar-refractivity contribution in [3.63, 3.8) is 0 Å². The van der Waals surface area contributed by atoms with Gasteiger partial charge < -0.3 is 9.80 Å². The van der Waals surface area contributed by atoms with Crippen molar-refractivity contribution in [1.82, 2.24) is 9.80 Å². The first kappa shape index (κ1) is 17.4. The molecule has 1 aromatic carbocycles. The standard InChI is InChI=1S/C18H23N3O4/c1-12(14-4-3-5-16(8-14)21(24)25)19(2)18(23)15-9-17(22)20(11-15)10-13-6-7-13/h3-5,8,12-13,15H,6-7,9-11H2,1-2H3/t12-,15+/m0/s1. The zero-order valence-corrected chi connectivity index (χ0v) is 14.6. The van der Waals surface area contributed by atoms with Gasteiger partial charge in [-0.2, -0.15) is 0 Å². The second-order valence-electron chi connectivity index (χ2n) is 7.12. The summed E-state index contributed by atoms with van der Waals surface area (Å²) in [6.07, 6.45) is 2.61. The van der Waals surface area contributed by atoms with Gasteiger partial charge in [0.15, 0.2) is 0 Å². The van der Waals surface area contributed by atoms with Gasteiger partial charge in [0, 0.05) is 38.7 Å². The van der Waals surface area contributed by atoms with Crippen LogP contribution in [0.4, 0.5) is 5.69 Å². The summed E-state index contributed by atoms with van der Waals surface area (Å²) in [7, 11) is 1.69. The van der Waals surface area contributed by atoms with Crippen LogP contribution < -0.4 is 0 Å². The Morgan fingerprint density at radius 3 is 2.80 bits per heavy atom. The minimum atomic E-state index is -0.441.